The molecule has 104 valence electrons. The number of carbonyl (C=O) groups is 2. The zero-order chi connectivity index (χ0) is 14.3. The van der Waals surface area contributed by atoms with E-state index < -0.39 is 18.0 Å². The molecule has 1 aromatic carbocycles. The van der Waals surface area contributed by atoms with Crippen molar-refractivity contribution < 1.29 is 24.5 Å². The quantitative estimate of drug-likeness (QED) is 0.685. The van der Waals surface area contributed by atoms with Crippen LogP contribution in [0.4, 0.5) is 0 Å². The van der Waals surface area contributed by atoms with E-state index >= 15 is 0 Å². The lowest BCUT2D eigenvalue weighted by atomic mass is 10.3. The fourth-order valence-electron chi connectivity index (χ4n) is 1.20. The van der Waals surface area contributed by atoms with Crippen LogP contribution in [0, 0.1) is 0 Å². The van der Waals surface area contributed by atoms with Crippen molar-refractivity contribution in [1.82, 2.24) is 5.32 Å². The number of nitrogens with one attached hydrogen (secondary N) is 1. The van der Waals surface area contributed by atoms with Crippen LogP contribution in [-0.2, 0) is 9.59 Å². The van der Waals surface area contributed by atoms with E-state index in [2.05, 4.69) is 5.32 Å². The normalized spacial score (nSPS) is 11.7. The lowest BCUT2D eigenvalue weighted by Crippen LogP contribution is -2.36. The summed E-state index contributed by atoms with van der Waals surface area (Å²) in [6.45, 7) is -0.194. The van der Waals surface area contributed by atoms with Crippen LogP contribution in [0.25, 0.3) is 0 Å². The van der Waals surface area contributed by atoms with Crippen molar-refractivity contribution in [1.29, 1.82) is 0 Å². The van der Waals surface area contributed by atoms with Crippen molar-refractivity contribution in [2.24, 2.45) is 0 Å². The molecule has 0 spiro atoms. The van der Waals surface area contributed by atoms with Gasteiger partial charge >= 0.3 is 5.97 Å². The number of halogens is 1. The Balaban J connectivity index is 2.22. The van der Waals surface area contributed by atoms with Crippen LogP contribution >= 0.6 is 11.6 Å². The molecule has 0 bridgehead atoms. The van der Waals surface area contributed by atoms with Crippen molar-refractivity contribution in [3.8, 4) is 5.75 Å². The van der Waals surface area contributed by atoms with Crippen LogP contribution in [0.3, 0.4) is 0 Å². The van der Waals surface area contributed by atoms with Crippen molar-refractivity contribution >= 4 is 23.5 Å². The van der Waals surface area contributed by atoms with Gasteiger partial charge in [0, 0.05) is 5.02 Å². The number of aliphatic hydroxyl groups excluding tert-OH is 1. The van der Waals surface area contributed by atoms with Gasteiger partial charge in [-0.15, -0.1) is 0 Å². The van der Waals surface area contributed by atoms with Gasteiger partial charge in [-0.25, -0.2) is 4.79 Å². The lowest BCUT2D eigenvalue weighted by molar-refractivity contribution is -0.146. The minimum absolute atomic E-state index is 0.0544. The molecule has 1 atom stereocenters. The highest BCUT2D eigenvalue weighted by Crippen LogP contribution is 2.16. The van der Waals surface area contributed by atoms with Gasteiger partial charge in [-0.2, -0.15) is 0 Å². The van der Waals surface area contributed by atoms with Gasteiger partial charge in [-0.3, -0.25) is 4.79 Å². The molecule has 0 aromatic heterocycles. The number of aliphatic carboxylic acids is 1. The van der Waals surface area contributed by atoms with Gasteiger partial charge in [0.15, 0.2) is 6.10 Å². The zero-order valence-corrected chi connectivity index (χ0v) is 10.8. The number of carboxylic acids is 1. The summed E-state index contributed by atoms with van der Waals surface area (Å²) >= 11 is 5.76. The molecule has 0 aliphatic carbocycles. The summed E-state index contributed by atoms with van der Waals surface area (Å²) in [7, 11) is 0. The first kappa shape index (κ1) is 15.3. The molecule has 1 unspecified atom stereocenters. The molecule has 0 radical (unpaired) electrons. The first-order valence-corrected chi connectivity index (χ1v) is 5.93. The Labute approximate surface area is 114 Å². The van der Waals surface area contributed by atoms with E-state index in [9.17, 15) is 9.59 Å². The van der Waals surface area contributed by atoms with Gasteiger partial charge in [0.25, 0.3) is 0 Å². The Morgan fingerprint density at radius 3 is 2.79 bits per heavy atom. The Bertz CT molecular complexity index is 452. The van der Waals surface area contributed by atoms with Crippen LogP contribution < -0.4 is 10.1 Å². The van der Waals surface area contributed by atoms with E-state index in [1.54, 1.807) is 24.3 Å². The van der Waals surface area contributed by atoms with E-state index in [1.165, 1.54) is 0 Å². The second-order valence-electron chi connectivity index (χ2n) is 3.71. The third-order valence-corrected chi connectivity index (χ3v) is 2.41. The monoisotopic (exact) mass is 287 g/mol. The predicted octanol–water partition coefficient (Wildman–Crippen LogP) is 0.671. The van der Waals surface area contributed by atoms with Crippen molar-refractivity contribution in [2.45, 2.75) is 12.5 Å². The first-order chi connectivity index (χ1) is 8.99. The van der Waals surface area contributed by atoms with Crippen molar-refractivity contribution in [2.75, 3.05) is 13.2 Å². The average molecular weight is 288 g/mol. The molecule has 0 heterocycles. The summed E-state index contributed by atoms with van der Waals surface area (Å²) < 4.78 is 5.29. The molecule has 0 saturated carbocycles. The molecule has 0 aliphatic rings. The molecule has 6 nitrogen and oxygen atoms in total. The summed E-state index contributed by atoms with van der Waals surface area (Å²) in [5, 5.41) is 20.2. The largest absolute Gasteiger partial charge is 0.493 e. The SMILES string of the molecule is O=C(CCOc1cccc(Cl)c1)NCC(O)C(=O)O. The van der Waals surface area contributed by atoms with Crippen LogP contribution in [0.2, 0.25) is 5.02 Å². The average Bonchev–Trinajstić information content (AvgIpc) is 2.36. The Morgan fingerprint density at radius 2 is 2.16 bits per heavy atom. The third kappa shape index (κ3) is 6.08. The highest BCUT2D eigenvalue weighted by atomic mass is 35.5. The van der Waals surface area contributed by atoms with Gasteiger partial charge < -0.3 is 20.3 Å². The summed E-state index contributed by atoms with van der Waals surface area (Å²) in [5.74, 6) is -1.23. The summed E-state index contributed by atoms with van der Waals surface area (Å²) in [4.78, 5) is 21.6. The molecule has 0 saturated heterocycles. The standard InChI is InChI=1S/C12H14ClNO5/c13-8-2-1-3-9(6-8)19-5-4-11(16)14-7-10(15)12(17)18/h1-3,6,10,15H,4-5,7H2,(H,14,16)(H,17,18). The smallest absolute Gasteiger partial charge is 0.334 e. The van der Waals surface area contributed by atoms with E-state index in [-0.39, 0.29) is 19.6 Å². The van der Waals surface area contributed by atoms with E-state index in [0.717, 1.165) is 0 Å². The molecule has 1 aromatic rings. The minimum Gasteiger partial charge on any atom is -0.493 e. The molecule has 3 N–H and O–H groups in total. The fraction of sp³-hybridized carbons (Fsp3) is 0.333. The maximum Gasteiger partial charge on any atom is 0.334 e. The van der Waals surface area contributed by atoms with Gasteiger partial charge in [0.2, 0.25) is 5.91 Å². The summed E-state index contributed by atoms with van der Waals surface area (Å²) in [6, 6.07) is 6.75. The first-order valence-electron chi connectivity index (χ1n) is 5.55. The number of hydrogen-bond donors (Lipinski definition) is 3. The van der Waals surface area contributed by atoms with Gasteiger partial charge in [0.05, 0.1) is 19.6 Å². The highest BCUT2D eigenvalue weighted by molar-refractivity contribution is 6.30. The molecule has 1 rings (SSSR count). The number of amides is 1. The van der Waals surface area contributed by atoms with Crippen LogP contribution in [0.1, 0.15) is 6.42 Å². The molecule has 1 amide bonds. The van der Waals surface area contributed by atoms with Gasteiger partial charge in [-0.05, 0) is 18.2 Å². The van der Waals surface area contributed by atoms with Crippen LogP contribution in [0.15, 0.2) is 24.3 Å². The number of ether oxygens (including phenoxy) is 1. The van der Waals surface area contributed by atoms with Crippen molar-refractivity contribution in [3.05, 3.63) is 29.3 Å². The Kier molecular flexibility index (Phi) is 6.11. The van der Waals surface area contributed by atoms with Crippen LogP contribution in [-0.4, -0.2) is 41.3 Å². The molecule has 19 heavy (non-hydrogen) atoms. The Hall–Kier alpha value is -1.79. The zero-order valence-electron chi connectivity index (χ0n) is 10.0. The van der Waals surface area contributed by atoms with Crippen molar-refractivity contribution in [3.63, 3.8) is 0 Å². The third-order valence-electron chi connectivity index (χ3n) is 2.17. The minimum atomic E-state index is -1.60. The highest BCUT2D eigenvalue weighted by Gasteiger charge is 2.13. The number of benzene rings is 1. The second kappa shape index (κ2) is 7.60. The Morgan fingerprint density at radius 1 is 1.42 bits per heavy atom. The molecular formula is C12H14ClNO5. The number of hydrogen-bond acceptors (Lipinski definition) is 4. The summed E-state index contributed by atoms with van der Waals surface area (Å²) in [5.41, 5.74) is 0. The van der Waals surface area contributed by atoms with E-state index in [0.29, 0.717) is 10.8 Å². The number of aliphatic hydroxyl groups is 1. The van der Waals surface area contributed by atoms with Gasteiger partial charge in [-0.1, -0.05) is 17.7 Å². The predicted molar refractivity (Wildman–Crippen MR) is 68.2 cm³/mol. The molecule has 0 fully saturated rings. The van der Waals surface area contributed by atoms with Gasteiger partial charge in [0.1, 0.15) is 5.75 Å². The lowest BCUT2D eigenvalue weighted by Gasteiger charge is -2.09. The molecular weight excluding hydrogens is 274 g/mol. The second-order valence-corrected chi connectivity index (χ2v) is 4.15. The number of carbonyl (C=O) groups excluding carboxylic acids is 1. The molecule has 7 heteroatoms. The number of rotatable bonds is 7. The maximum atomic E-state index is 11.3. The summed E-state index contributed by atoms with van der Waals surface area (Å²) in [6.07, 6.45) is -1.54. The van der Waals surface area contributed by atoms with Crippen LogP contribution in [0.5, 0.6) is 5.75 Å². The van der Waals surface area contributed by atoms with E-state index in [1.807, 2.05) is 0 Å². The maximum absolute atomic E-state index is 11.3. The number of carboxylic acid groups (broad SMARTS) is 1. The molecule has 0 aliphatic heterocycles. The fourth-order valence-corrected chi connectivity index (χ4v) is 1.38. The van der Waals surface area contributed by atoms with E-state index in [4.69, 9.17) is 26.6 Å². The topological polar surface area (TPSA) is 95.9 Å².